The first-order chi connectivity index (χ1) is 24.7. The average molecular weight is 697 g/mol. The van der Waals surface area contributed by atoms with E-state index in [4.69, 9.17) is 9.47 Å². The third-order valence-corrected chi connectivity index (χ3v) is 12.1. The number of piperidine rings is 3. The normalized spacial score (nSPS) is 24.4. The van der Waals surface area contributed by atoms with Gasteiger partial charge in [0.1, 0.15) is 42.9 Å². The molecule has 9 heteroatoms. The van der Waals surface area contributed by atoms with Crippen LogP contribution in [0.15, 0.2) is 83.7 Å². The lowest BCUT2D eigenvalue weighted by atomic mass is 9.80. The van der Waals surface area contributed by atoms with Gasteiger partial charge in [-0.2, -0.15) is 0 Å². The van der Waals surface area contributed by atoms with Crippen molar-refractivity contribution in [2.24, 2.45) is 11.8 Å². The van der Waals surface area contributed by atoms with E-state index >= 15 is 0 Å². The number of aliphatic hydroxyl groups is 2. The van der Waals surface area contributed by atoms with Crippen LogP contribution in [0.25, 0.3) is 10.9 Å². The number of hydrogen-bond acceptors (Lipinski definition) is 7. The van der Waals surface area contributed by atoms with Crippen LogP contribution in [-0.2, 0) is 16.8 Å². The Balaban J connectivity index is 0.878. The summed E-state index contributed by atoms with van der Waals surface area (Å²) in [5.41, 5.74) is 1.93. The molecule has 9 nitrogen and oxygen atoms in total. The van der Waals surface area contributed by atoms with Gasteiger partial charge in [-0.1, -0.05) is 61.4 Å². The molecule has 8 rings (SSSR count). The van der Waals surface area contributed by atoms with Crippen LogP contribution in [0.4, 0.5) is 0 Å². The van der Waals surface area contributed by atoms with Gasteiger partial charge in [-0.05, 0) is 73.1 Å². The molecule has 1 aliphatic carbocycles. The number of aromatic nitrogens is 1. The number of phenols is 1. The third-order valence-electron chi connectivity index (χ3n) is 12.1. The predicted octanol–water partition coefficient (Wildman–Crippen LogP) is 5.57. The molecule has 1 saturated carbocycles. The number of fused-ring (bicyclic) bond motifs is 4. The minimum absolute atomic E-state index is 0.0192. The van der Waals surface area contributed by atoms with Crippen LogP contribution >= 0.6 is 0 Å². The van der Waals surface area contributed by atoms with E-state index in [1.54, 1.807) is 12.1 Å². The van der Waals surface area contributed by atoms with Gasteiger partial charge in [0.2, 0.25) is 5.56 Å². The van der Waals surface area contributed by atoms with Crippen LogP contribution in [0.2, 0.25) is 0 Å². The van der Waals surface area contributed by atoms with Gasteiger partial charge in [0.15, 0.2) is 0 Å². The summed E-state index contributed by atoms with van der Waals surface area (Å²) in [6.07, 6.45) is 6.99. The first-order valence-corrected chi connectivity index (χ1v) is 18.9. The summed E-state index contributed by atoms with van der Waals surface area (Å²) < 4.78 is 14.0. The Bertz CT molecular complexity index is 1800. The summed E-state index contributed by atoms with van der Waals surface area (Å²) in [6.45, 7) is 7.73. The van der Waals surface area contributed by atoms with Crippen molar-refractivity contribution < 1.29 is 29.3 Å². The summed E-state index contributed by atoms with van der Waals surface area (Å²) >= 11 is 0. The van der Waals surface area contributed by atoms with E-state index in [2.05, 4.69) is 41.5 Å². The quantitative estimate of drug-likeness (QED) is 0.103. The molecule has 0 radical (unpaired) electrons. The summed E-state index contributed by atoms with van der Waals surface area (Å²) in [5.74, 6) is 1.68. The van der Waals surface area contributed by atoms with Crippen LogP contribution in [0.5, 0.6) is 11.5 Å². The highest BCUT2D eigenvalue weighted by Crippen LogP contribution is 2.42. The number of H-pyrrole nitrogens is 1. The van der Waals surface area contributed by atoms with Crippen LogP contribution in [0, 0.1) is 11.8 Å². The number of benzene rings is 3. The number of hydrogen-bond donors (Lipinski definition) is 5. The molecule has 4 aliphatic rings. The SMILES string of the molecule is C[C@@H](Cc1ccc(OCC[N+]23CCC(CC2)[C@@H](OCC(O)(c2ccccc2)C2CCCC2)C3)cc1)NC[C@H](O)c1ccc(O)c2[nH]c(=O)ccc12. The molecule has 1 aromatic heterocycles. The first-order valence-electron chi connectivity index (χ1n) is 18.9. The molecule has 4 atom stereocenters. The number of pyridine rings is 1. The molecular formula is C42H54N3O6+. The molecule has 4 fully saturated rings. The zero-order valence-electron chi connectivity index (χ0n) is 29.8. The zero-order valence-corrected chi connectivity index (χ0v) is 29.8. The maximum Gasteiger partial charge on any atom is 0.248 e. The Morgan fingerprint density at radius 1 is 0.961 bits per heavy atom. The Kier molecular flexibility index (Phi) is 10.8. The minimum atomic E-state index is -0.925. The molecule has 0 spiro atoms. The van der Waals surface area contributed by atoms with Crippen molar-refractivity contribution in [2.75, 3.05) is 45.9 Å². The largest absolute Gasteiger partial charge is 0.506 e. The van der Waals surface area contributed by atoms with Gasteiger partial charge < -0.3 is 39.6 Å². The molecular weight excluding hydrogens is 642 g/mol. The Hall–Kier alpha value is -3.73. The lowest BCUT2D eigenvalue weighted by Gasteiger charge is -2.52. The van der Waals surface area contributed by atoms with E-state index < -0.39 is 11.7 Å². The van der Waals surface area contributed by atoms with Gasteiger partial charge in [0, 0.05) is 42.8 Å². The smallest absolute Gasteiger partial charge is 0.248 e. The topological polar surface area (TPSA) is 124 Å². The van der Waals surface area contributed by atoms with E-state index in [0.717, 1.165) is 48.1 Å². The summed E-state index contributed by atoms with van der Waals surface area (Å²) in [4.78, 5) is 14.4. The van der Waals surface area contributed by atoms with E-state index in [9.17, 15) is 20.1 Å². The van der Waals surface area contributed by atoms with Crippen LogP contribution in [0.1, 0.15) is 68.2 Å². The van der Waals surface area contributed by atoms with Crippen molar-refractivity contribution in [1.82, 2.24) is 10.3 Å². The van der Waals surface area contributed by atoms with Crippen LogP contribution in [0.3, 0.4) is 0 Å². The van der Waals surface area contributed by atoms with Gasteiger partial charge >= 0.3 is 0 Å². The number of aromatic amines is 1. The highest BCUT2D eigenvalue weighted by atomic mass is 16.5. The fourth-order valence-corrected chi connectivity index (χ4v) is 9.00. The number of nitrogens with zero attached hydrogens (tertiary/aromatic N) is 1. The second-order valence-corrected chi connectivity index (χ2v) is 15.5. The molecule has 272 valence electrons. The fraction of sp³-hybridized carbons (Fsp3) is 0.500. The van der Waals surface area contributed by atoms with Gasteiger partial charge in [-0.15, -0.1) is 0 Å². The highest BCUT2D eigenvalue weighted by Gasteiger charge is 2.48. The lowest BCUT2D eigenvalue weighted by molar-refractivity contribution is -0.946. The van der Waals surface area contributed by atoms with E-state index in [1.807, 2.05) is 30.3 Å². The molecule has 4 heterocycles. The van der Waals surface area contributed by atoms with Crippen molar-refractivity contribution >= 4 is 10.9 Å². The molecule has 2 bridgehead atoms. The number of quaternary nitrogens is 1. The van der Waals surface area contributed by atoms with E-state index in [1.165, 1.54) is 56.5 Å². The zero-order chi connectivity index (χ0) is 35.4. The van der Waals surface area contributed by atoms with Crippen molar-refractivity contribution in [2.45, 2.75) is 75.7 Å². The molecule has 1 unspecified atom stereocenters. The summed E-state index contributed by atoms with van der Waals surface area (Å²) in [7, 11) is 0. The summed E-state index contributed by atoms with van der Waals surface area (Å²) in [5, 5.41) is 37.2. The number of nitrogens with one attached hydrogen (secondary N) is 2. The standard InChI is InChI=1S/C42H53N3O6/c1-29(43-26-38(47)35-15-17-37(46)41-36(35)16-18-40(48)44-41)25-30-11-13-34(14-12-30)50-24-23-45-21-19-31(20-22-45)39(27-45)51-28-42(49,33-9-5-6-10-33)32-7-3-2-4-8-32/h2-4,7-8,11-18,29,31,33,38-39,43,47,49H,5-6,9-10,19-28H2,1H3,(H-,44,46,48)/p+1/t29-,31?,38-,39-,42?,45?/m0/s1. The number of ether oxygens (including phenoxy) is 2. The van der Waals surface area contributed by atoms with Crippen LogP contribution in [-0.4, -0.2) is 82.9 Å². The second-order valence-electron chi connectivity index (χ2n) is 15.5. The summed E-state index contributed by atoms with van der Waals surface area (Å²) in [6, 6.07) is 24.8. The highest BCUT2D eigenvalue weighted by molar-refractivity contribution is 5.87. The Morgan fingerprint density at radius 3 is 2.45 bits per heavy atom. The number of aromatic hydroxyl groups is 1. The van der Waals surface area contributed by atoms with Crippen molar-refractivity contribution in [3.05, 3.63) is 106 Å². The molecule has 5 N–H and O–H groups in total. The molecule has 0 amide bonds. The van der Waals surface area contributed by atoms with E-state index in [0.29, 0.717) is 42.1 Å². The Labute approximate surface area is 300 Å². The monoisotopic (exact) mass is 696 g/mol. The third kappa shape index (κ3) is 8.03. The van der Waals surface area contributed by atoms with Gasteiger partial charge in [-0.3, -0.25) is 4.79 Å². The van der Waals surface area contributed by atoms with Gasteiger partial charge in [0.05, 0.1) is 31.3 Å². The van der Waals surface area contributed by atoms with E-state index in [-0.39, 0.29) is 29.4 Å². The average Bonchev–Trinajstić information content (AvgIpc) is 3.71. The van der Waals surface area contributed by atoms with Crippen LogP contribution < -0.4 is 15.6 Å². The Morgan fingerprint density at radius 2 is 1.71 bits per heavy atom. The number of rotatable bonds is 15. The lowest BCUT2D eigenvalue weighted by Crippen LogP contribution is -2.65. The molecule has 51 heavy (non-hydrogen) atoms. The maximum absolute atomic E-state index is 12.0. The number of phenolic OH excluding ortho intramolecular Hbond substituents is 1. The number of aliphatic hydroxyl groups excluding tert-OH is 1. The van der Waals surface area contributed by atoms with Gasteiger partial charge in [-0.25, -0.2) is 0 Å². The molecule has 3 aromatic carbocycles. The predicted molar refractivity (Wildman–Crippen MR) is 199 cm³/mol. The molecule has 3 saturated heterocycles. The molecule has 3 aliphatic heterocycles. The van der Waals surface area contributed by atoms with Crippen molar-refractivity contribution in [1.29, 1.82) is 0 Å². The minimum Gasteiger partial charge on any atom is -0.506 e. The van der Waals surface area contributed by atoms with Crippen molar-refractivity contribution in [3.63, 3.8) is 0 Å². The second kappa shape index (κ2) is 15.5. The van der Waals surface area contributed by atoms with Gasteiger partial charge in [0.25, 0.3) is 0 Å². The molecule has 4 aromatic rings. The van der Waals surface area contributed by atoms with Crippen molar-refractivity contribution in [3.8, 4) is 11.5 Å². The first kappa shape index (κ1) is 35.7. The maximum atomic E-state index is 12.0. The fourth-order valence-electron chi connectivity index (χ4n) is 9.00.